The number of benzene rings is 2. The van der Waals surface area contributed by atoms with Crippen LogP contribution in [-0.4, -0.2) is 29.8 Å². The summed E-state index contributed by atoms with van der Waals surface area (Å²) in [6.45, 7) is 1.49. The number of ether oxygens (including phenoxy) is 2. The lowest BCUT2D eigenvalue weighted by atomic mass is 10.1. The van der Waals surface area contributed by atoms with Crippen molar-refractivity contribution in [3.05, 3.63) is 74.6 Å². The number of hydrogen-bond acceptors (Lipinski definition) is 5. The Balaban J connectivity index is 1.90. The van der Waals surface area contributed by atoms with Crippen molar-refractivity contribution in [3.8, 4) is 5.75 Å². The average molecular weight is 435 g/mol. The fourth-order valence-corrected chi connectivity index (χ4v) is 3.12. The van der Waals surface area contributed by atoms with E-state index >= 15 is 0 Å². The van der Waals surface area contributed by atoms with Gasteiger partial charge in [0.1, 0.15) is 5.75 Å². The third kappa shape index (κ3) is 4.36. The number of amides is 1. The van der Waals surface area contributed by atoms with Gasteiger partial charge < -0.3 is 9.47 Å². The first-order valence-corrected chi connectivity index (χ1v) is 9.22. The van der Waals surface area contributed by atoms with Gasteiger partial charge in [0.05, 0.1) is 17.7 Å². The number of carbonyl (C=O) groups excluding carboxylic acids is 2. The van der Waals surface area contributed by atoms with E-state index in [-0.39, 0.29) is 21.7 Å². The van der Waals surface area contributed by atoms with E-state index in [1.165, 1.54) is 32.4 Å². The minimum absolute atomic E-state index is 0.136. The molecule has 3 rings (SSSR count). The van der Waals surface area contributed by atoms with Gasteiger partial charge in [-0.3, -0.25) is 15.0 Å². The molecule has 1 N–H and O–H groups in total. The Labute approximate surface area is 175 Å². The molecule has 7 nitrogen and oxygen atoms in total. The minimum Gasteiger partial charge on any atom is -0.479 e. The Morgan fingerprint density at radius 1 is 1.10 bits per heavy atom. The number of nitrogens with zero attached hydrogens (tertiary/aromatic N) is 1. The number of rotatable bonds is 5. The summed E-state index contributed by atoms with van der Waals surface area (Å²) in [6.07, 6.45) is 0.227. The molecule has 3 aromatic rings. The molecule has 0 bridgehead atoms. The van der Waals surface area contributed by atoms with E-state index < -0.39 is 23.5 Å². The second-order valence-corrected chi connectivity index (χ2v) is 6.91. The molecule has 0 spiro atoms. The SMILES string of the molecule is COC(=O)c1cn(NC(=O)C(C)Oc2ccc(Cl)cc2Cl)c(=O)c2ccccc12. The first kappa shape index (κ1) is 20.7. The van der Waals surface area contributed by atoms with Crippen LogP contribution in [0.1, 0.15) is 17.3 Å². The molecule has 0 aliphatic heterocycles. The van der Waals surface area contributed by atoms with Crippen molar-refractivity contribution in [2.45, 2.75) is 13.0 Å². The zero-order chi connectivity index (χ0) is 21.1. The lowest BCUT2D eigenvalue weighted by Crippen LogP contribution is -2.40. The molecule has 2 aromatic carbocycles. The van der Waals surface area contributed by atoms with Crippen molar-refractivity contribution < 1.29 is 19.1 Å². The molecule has 1 aromatic heterocycles. The Bertz CT molecular complexity index is 1160. The van der Waals surface area contributed by atoms with Crippen molar-refractivity contribution in [2.24, 2.45) is 0 Å². The molecule has 0 aliphatic carbocycles. The molecule has 1 unspecified atom stereocenters. The summed E-state index contributed by atoms with van der Waals surface area (Å²) in [5.74, 6) is -0.995. The predicted molar refractivity (Wildman–Crippen MR) is 110 cm³/mol. The lowest BCUT2D eigenvalue weighted by molar-refractivity contribution is -0.123. The smallest absolute Gasteiger partial charge is 0.340 e. The number of nitrogens with one attached hydrogen (secondary N) is 1. The maximum atomic E-state index is 12.7. The molecule has 0 saturated carbocycles. The zero-order valence-electron chi connectivity index (χ0n) is 15.4. The zero-order valence-corrected chi connectivity index (χ0v) is 17.0. The number of methoxy groups -OCH3 is 1. The van der Waals surface area contributed by atoms with Crippen LogP contribution >= 0.6 is 23.2 Å². The quantitative estimate of drug-likeness (QED) is 0.619. The van der Waals surface area contributed by atoms with Crippen LogP contribution in [0, 0.1) is 0 Å². The summed E-state index contributed by atoms with van der Waals surface area (Å²) in [5, 5.41) is 1.35. The van der Waals surface area contributed by atoms with Crippen molar-refractivity contribution in [1.82, 2.24) is 4.68 Å². The van der Waals surface area contributed by atoms with Crippen molar-refractivity contribution in [1.29, 1.82) is 0 Å². The van der Waals surface area contributed by atoms with Gasteiger partial charge in [-0.2, -0.15) is 0 Å². The normalized spacial score (nSPS) is 11.7. The number of halogens is 2. The molecule has 1 atom stereocenters. The van der Waals surface area contributed by atoms with Crippen molar-refractivity contribution in [2.75, 3.05) is 12.5 Å². The van der Waals surface area contributed by atoms with E-state index in [1.807, 2.05) is 0 Å². The lowest BCUT2D eigenvalue weighted by Gasteiger charge is -2.17. The van der Waals surface area contributed by atoms with Crippen molar-refractivity contribution >= 4 is 45.9 Å². The van der Waals surface area contributed by atoms with Crippen LogP contribution in [0.15, 0.2) is 53.5 Å². The van der Waals surface area contributed by atoms with E-state index in [9.17, 15) is 14.4 Å². The highest BCUT2D eigenvalue weighted by Gasteiger charge is 2.20. The Morgan fingerprint density at radius 2 is 1.79 bits per heavy atom. The molecule has 29 heavy (non-hydrogen) atoms. The largest absolute Gasteiger partial charge is 0.479 e. The van der Waals surface area contributed by atoms with E-state index in [1.54, 1.807) is 30.3 Å². The molecular weight excluding hydrogens is 419 g/mol. The summed E-state index contributed by atoms with van der Waals surface area (Å²) >= 11 is 11.9. The minimum atomic E-state index is -0.992. The third-order valence-electron chi connectivity index (χ3n) is 4.13. The molecule has 150 valence electrons. The van der Waals surface area contributed by atoms with E-state index in [0.29, 0.717) is 10.4 Å². The van der Waals surface area contributed by atoms with Crippen LogP contribution in [-0.2, 0) is 9.53 Å². The topological polar surface area (TPSA) is 86.6 Å². The number of carbonyl (C=O) groups is 2. The summed E-state index contributed by atoms with van der Waals surface area (Å²) in [5.41, 5.74) is 2.07. The number of aromatic nitrogens is 1. The fourth-order valence-electron chi connectivity index (χ4n) is 2.67. The highest BCUT2D eigenvalue weighted by molar-refractivity contribution is 6.35. The van der Waals surface area contributed by atoms with Crippen LogP contribution in [0.25, 0.3) is 10.8 Å². The Morgan fingerprint density at radius 3 is 2.45 bits per heavy atom. The van der Waals surface area contributed by atoms with E-state index in [4.69, 9.17) is 32.7 Å². The maximum absolute atomic E-state index is 12.7. The first-order chi connectivity index (χ1) is 13.8. The van der Waals surface area contributed by atoms with Gasteiger partial charge >= 0.3 is 5.97 Å². The molecule has 1 amide bonds. The van der Waals surface area contributed by atoms with E-state index in [0.717, 1.165) is 4.68 Å². The van der Waals surface area contributed by atoms with Crippen LogP contribution < -0.4 is 15.7 Å². The summed E-state index contributed by atoms with van der Waals surface area (Å²) in [7, 11) is 1.23. The Hall–Kier alpha value is -3.03. The average Bonchev–Trinajstić information content (AvgIpc) is 2.71. The van der Waals surface area contributed by atoms with Crippen LogP contribution in [0.2, 0.25) is 10.0 Å². The summed E-state index contributed by atoms with van der Waals surface area (Å²) in [6, 6.07) is 11.1. The molecule has 9 heteroatoms. The Kier molecular flexibility index (Phi) is 6.10. The van der Waals surface area contributed by atoms with Crippen LogP contribution in [0.5, 0.6) is 5.75 Å². The van der Waals surface area contributed by atoms with Gasteiger partial charge in [-0.15, -0.1) is 0 Å². The van der Waals surface area contributed by atoms with Crippen LogP contribution in [0.3, 0.4) is 0 Å². The first-order valence-electron chi connectivity index (χ1n) is 8.47. The molecule has 0 saturated heterocycles. The molecule has 1 heterocycles. The standard InChI is InChI=1S/C20H16Cl2N2O5/c1-11(29-17-8-7-12(21)9-16(17)22)18(25)23-24-10-15(20(27)28-2)13-5-3-4-6-14(13)19(24)26/h3-11H,1-2H3,(H,23,25). The van der Waals surface area contributed by atoms with Gasteiger partial charge in [0.15, 0.2) is 6.10 Å². The number of pyridine rings is 1. The van der Waals surface area contributed by atoms with Gasteiger partial charge in [-0.05, 0) is 31.2 Å². The van der Waals surface area contributed by atoms with Crippen molar-refractivity contribution in [3.63, 3.8) is 0 Å². The van der Waals surface area contributed by atoms with Gasteiger partial charge in [0, 0.05) is 22.0 Å². The van der Waals surface area contributed by atoms with Crippen LogP contribution in [0.4, 0.5) is 0 Å². The number of esters is 1. The van der Waals surface area contributed by atoms with E-state index in [2.05, 4.69) is 5.43 Å². The second-order valence-electron chi connectivity index (χ2n) is 6.07. The number of fused-ring (bicyclic) bond motifs is 1. The predicted octanol–water partition coefficient (Wildman–Crippen LogP) is 3.63. The molecule has 0 radical (unpaired) electrons. The van der Waals surface area contributed by atoms with Gasteiger partial charge in [-0.1, -0.05) is 41.4 Å². The third-order valence-corrected chi connectivity index (χ3v) is 4.66. The summed E-state index contributed by atoms with van der Waals surface area (Å²) in [4.78, 5) is 37.4. The van der Waals surface area contributed by atoms with Gasteiger partial charge in [-0.25, -0.2) is 9.47 Å². The number of hydrogen-bond donors (Lipinski definition) is 1. The second kappa shape index (κ2) is 8.55. The summed E-state index contributed by atoms with van der Waals surface area (Å²) < 4.78 is 11.3. The van der Waals surface area contributed by atoms with Gasteiger partial charge in [0.25, 0.3) is 11.5 Å². The van der Waals surface area contributed by atoms with Gasteiger partial charge in [0.2, 0.25) is 0 Å². The molecule has 0 fully saturated rings. The highest BCUT2D eigenvalue weighted by Crippen LogP contribution is 2.28. The monoisotopic (exact) mass is 434 g/mol. The highest BCUT2D eigenvalue weighted by atomic mass is 35.5. The molecular formula is C20H16Cl2N2O5. The fraction of sp³-hybridized carbons (Fsp3) is 0.150. The maximum Gasteiger partial charge on any atom is 0.340 e. The molecule has 0 aliphatic rings.